The number of para-hydroxylation sites is 2. The maximum atomic E-state index is 12.2. The van der Waals surface area contributed by atoms with Crippen LogP contribution in [-0.4, -0.2) is 48.6 Å². The van der Waals surface area contributed by atoms with Crippen LogP contribution in [0.1, 0.15) is 16.7 Å². The number of carbonyl (C=O) groups excluding carboxylic acids is 1. The average molecular weight is 359 g/mol. The third-order valence-corrected chi connectivity index (χ3v) is 5.72. The van der Waals surface area contributed by atoms with Crippen LogP contribution in [0.5, 0.6) is 5.75 Å². The smallest absolute Gasteiger partial charge is 0.234 e. The van der Waals surface area contributed by atoms with E-state index in [1.165, 1.54) is 9.75 Å². The highest BCUT2D eigenvalue weighted by Gasteiger charge is 2.20. The summed E-state index contributed by atoms with van der Waals surface area (Å²) in [6.07, 6.45) is 1.04. The summed E-state index contributed by atoms with van der Waals surface area (Å²) >= 11 is 1.76. The van der Waals surface area contributed by atoms with Crippen LogP contribution in [0.15, 0.2) is 36.4 Å². The highest BCUT2D eigenvalue weighted by molar-refractivity contribution is 7.11. The molecule has 1 aliphatic heterocycles. The van der Waals surface area contributed by atoms with Gasteiger partial charge in [-0.2, -0.15) is 0 Å². The number of phenols is 1. The first kappa shape index (κ1) is 17.8. The molecule has 2 N–H and O–H groups in total. The summed E-state index contributed by atoms with van der Waals surface area (Å²) in [4.78, 5) is 19.1. The number of aromatic hydroxyl groups is 1. The number of carbonyl (C=O) groups is 1. The van der Waals surface area contributed by atoms with Gasteiger partial charge in [-0.15, -0.1) is 11.3 Å². The molecule has 1 fully saturated rings. The highest BCUT2D eigenvalue weighted by Crippen LogP contribution is 2.27. The van der Waals surface area contributed by atoms with E-state index in [4.69, 9.17) is 0 Å². The van der Waals surface area contributed by atoms with E-state index in [1.54, 1.807) is 17.4 Å². The second-order valence-corrected chi connectivity index (χ2v) is 7.50. The van der Waals surface area contributed by atoms with E-state index < -0.39 is 0 Å². The van der Waals surface area contributed by atoms with E-state index in [1.807, 2.05) is 18.2 Å². The number of nitrogens with zero attached hydrogens (tertiary/aromatic N) is 2. The van der Waals surface area contributed by atoms with Crippen molar-refractivity contribution in [2.75, 3.05) is 37.6 Å². The molecule has 1 saturated heterocycles. The fourth-order valence-electron chi connectivity index (χ4n) is 3.03. The first-order valence-corrected chi connectivity index (χ1v) is 9.57. The van der Waals surface area contributed by atoms with Gasteiger partial charge in [-0.25, -0.2) is 0 Å². The maximum absolute atomic E-state index is 12.2. The summed E-state index contributed by atoms with van der Waals surface area (Å²) in [5.41, 5.74) is 0.871. The lowest BCUT2D eigenvalue weighted by molar-refractivity contribution is -0.122. The summed E-state index contributed by atoms with van der Waals surface area (Å²) in [5, 5.41) is 13.0. The number of amides is 1. The molecule has 2 heterocycles. The normalized spacial score (nSPS) is 15.3. The van der Waals surface area contributed by atoms with E-state index in [9.17, 15) is 9.90 Å². The van der Waals surface area contributed by atoms with E-state index in [-0.39, 0.29) is 5.91 Å². The quantitative estimate of drug-likeness (QED) is 0.832. The molecule has 0 aliphatic carbocycles. The van der Waals surface area contributed by atoms with Gasteiger partial charge in [0.25, 0.3) is 0 Å². The molecule has 0 bridgehead atoms. The second kappa shape index (κ2) is 8.36. The van der Waals surface area contributed by atoms with Crippen LogP contribution in [0.2, 0.25) is 0 Å². The Morgan fingerprint density at radius 2 is 1.84 bits per heavy atom. The average Bonchev–Trinajstić information content (AvgIpc) is 3.09. The number of benzene rings is 1. The minimum Gasteiger partial charge on any atom is -0.506 e. The van der Waals surface area contributed by atoms with Gasteiger partial charge in [-0.1, -0.05) is 19.1 Å². The largest absolute Gasteiger partial charge is 0.506 e. The summed E-state index contributed by atoms with van der Waals surface area (Å²) < 4.78 is 0. The molecule has 1 aromatic heterocycles. The Bertz CT molecular complexity index is 708. The molecule has 25 heavy (non-hydrogen) atoms. The summed E-state index contributed by atoms with van der Waals surface area (Å²) in [6.45, 7) is 6.46. The molecule has 6 heteroatoms. The van der Waals surface area contributed by atoms with Gasteiger partial charge in [-0.05, 0) is 30.7 Å². The molecule has 3 rings (SSSR count). The Kier molecular flexibility index (Phi) is 5.94. The van der Waals surface area contributed by atoms with Crippen LogP contribution in [0.25, 0.3) is 0 Å². The predicted molar refractivity (Wildman–Crippen MR) is 102 cm³/mol. The SMILES string of the molecule is CCc1ccc(CNC(=O)CN2CCN(c3ccccc3O)CC2)s1. The van der Waals surface area contributed by atoms with Crippen LogP contribution in [0, 0.1) is 0 Å². The molecular weight excluding hydrogens is 334 g/mol. The summed E-state index contributed by atoms with van der Waals surface area (Å²) in [6, 6.07) is 11.6. The fraction of sp³-hybridized carbons (Fsp3) is 0.421. The lowest BCUT2D eigenvalue weighted by Crippen LogP contribution is -2.49. The molecule has 0 atom stereocenters. The monoisotopic (exact) mass is 359 g/mol. The van der Waals surface area contributed by atoms with Gasteiger partial charge in [0, 0.05) is 35.9 Å². The van der Waals surface area contributed by atoms with Crippen molar-refractivity contribution in [3.8, 4) is 5.75 Å². The van der Waals surface area contributed by atoms with Gasteiger partial charge >= 0.3 is 0 Å². The fourth-order valence-corrected chi connectivity index (χ4v) is 3.93. The van der Waals surface area contributed by atoms with Crippen molar-refractivity contribution in [3.05, 3.63) is 46.2 Å². The molecule has 0 unspecified atom stereocenters. The van der Waals surface area contributed by atoms with Crippen LogP contribution < -0.4 is 10.2 Å². The third-order valence-electron chi connectivity index (χ3n) is 4.49. The first-order chi connectivity index (χ1) is 12.2. The number of thiophene rings is 1. The van der Waals surface area contributed by atoms with Crippen LogP contribution in [0.3, 0.4) is 0 Å². The number of nitrogens with one attached hydrogen (secondary N) is 1. The van der Waals surface area contributed by atoms with Crippen LogP contribution >= 0.6 is 11.3 Å². The van der Waals surface area contributed by atoms with Gasteiger partial charge in [-0.3, -0.25) is 9.69 Å². The molecule has 1 aromatic carbocycles. The zero-order chi connectivity index (χ0) is 17.6. The van der Waals surface area contributed by atoms with Crippen molar-refractivity contribution in [3.63, 3.8) is 0 Å². The lowest BCUT2D eigenvalue weighted by Gasteiger charge is -2.35. The number of hydrogen-bond acceptors (Lipinski definition) is 5. The van der Waals surface area contributed by atoms with Crippen molar-refractivity contribution in [1.82, 2.24) is 10.2 Å². The zero-order valence-electron chi connectivity index (χ0n) is 14.6. The predicted octanol–water partition coefficient (Wildman–Crippen LogP) is 2.45. The molecular formula is C19H25N3O2S. The number of aryl methyl sites for hydroxylation is 1. The minimum atomic E-state index is 0.0717. The van der Waals surface area contributed by atoms with E-state index >= 15 is 0 Å². The summed E-state index contributed by atoms with van der Waals surface area (Å²) in [7, 11) is 0. The number of hydrogen-bond donors (Lipinski definition) is 2. The number of anilines is 1. The van der Waals surface area contributed by atoms with Gasteiger partial charge in [0.1, 0.15) is 5.75 Å². The standard InChI is InChI=1S/C19H25N3O2S/c1-2-15-7-8-16(25-15)13-20-19(24)14-21-9-11-22(12-10-21)17-5-3-4-6-18(17)23/h3-8,23H,2,9-14H2,1H3,(H,20,24). The van der Waals surface area contributed by atoms with Gasteiger partial charge in [0.05, 0.1) is 18.8 Å². The van der Waals surface area contributed by atoms with Crippen molar-refractivity contribution < 1.29 is 9.90 Å². The topological polar surface area (TPSA) is 55.8 Å². The number of piperazine rings is 1. The Hall–Kier alpha value is -2.05. The highest BCUT2D eigenvalue weighted by atomic mass is 32.1. The minimum absolute atomic E-state index is 0.0717. The van der Waals surface area contributed by atoms with Crippen molar-refractivity contribution >= 4 is 22.9 Å². The molecule has 0 radical (unpaired) electrons. The van der Waals surface area contributed by atoms with E-state index in [2.05, 4.69) is 34.2 Å². The molecule has 0 spiro atoms. The van der Waals surface area contributed by atoms with Gasteiger partial charge < -0.3 is 15.3 Å². The molecule has 2 aromatic rings. The van der Waals surface area contributed by atoms with Gasteiger partial charge in [0.2, 0.25) is 5.91 Å². The maximum Gasteiger partial charge on any atom is 0.234 e. The Morgan fingerprint density at radius 1 is 1.12 bits per heavy atom. The van der Waals surface area contributed by atoms with E-state index in [0.29, 0.717) is 18.8 Å². The molecule has 5 nitrogen and oxygen atoms in total. The first-order valence-electron chi connectivity index (χ1n) is 8.75. The lowest BCUT2D eigenvalue weighted by atomic mass is 10.2. The second-order valence-electron chi connectivity index (χ2n) is 6.25. The zero-order valence-corrected chi connectivity index (χ0v) is 15.4. The van der Waals surface area contributed by atoms with Crippen molar-refractivity contribution in [1.29, 1.82) is 0 Å². The number of phenolic OH excluding ortho intramolecular Hbond substituents is 1. The molecule has 1 aliphatic rings. The van der Waals surface area contributed by atoms with E-state index in [0.717, 1.165) is 38.3 Å². The summed E-state index contributed by atoms with van der Waals surface area (Å²) in [5.74, 6) is 0.388. The number of rotatable bonds is 6. The Labute approximate surface area is 152 Å². The molecule has 1 amide bonds. The third kappa shape index (κ3) is 4.74. The molecule has 0 saturated carbocycles. The van der Waals surface area contributed by atoms with Gasteiger partial charge in [0.15, 0.2) is 0 Å². The van der Waals surface area contributed by atoms with Crippen molar-refractivity contribution in [2.45, 2.75) is 19.9 Å². The Morgan fingerprint density at radius 3 is 2.52 bits per heavy atom. The van der Waals surface area contributed by atoms with Crippen LogP contribution in [-0.2, 0) is 17.8 Å². The van der Waals surface area contributed by atoms with Crippen LogP contribution in [0.4, 0.5) is 5.69 Å². The Balaban J connectivity index is 1.42. The molecule has 134 valence electrons. The van der Waals surface area contributed by atoms with Crippen molar-refractivity contribution in [2.24, 2.45) is 0 Å².